The summed E-state index contributed by atoms with van der Waals surface area (Å²) in [6.07, 6.45) is 0. The van der Waals surface area contributed by atoms with Gasteiger partial charge in [-0.15, -0.1) is 0 Å². The molecule has 0 atom stereocenters. The topological polar surface area (TPSA) is 35.9 Å². The maximum atomic E-state index is 9.50. The number of aliphatic hydroxyl groups excluding tert-OH is 1. The van der Waals surface area contributed by atoms with E-state index in [1.54, 1.807) is 0 Å². The van der Waals surface area contributed by atoms with Crippen molar-refractivity contribution in [3.8, 4) is 0 Å². The zero-order chi connectivity index (χ0) is 14.0. The summed E-state index contributed by atoms with van der Waals surface area (Å²) in [5.41, 5.74) is 1.18. The van der Waals surface area contributed by atoms with E-state index in [-0.39, 0.29) is 12.0 Å². The summed E-state index contributed by atoms with van der Waals surface area (Å²) in [7, 11) is 0. The number of benzene rings is 1. The molecule has 0 amide bonds. The number of hydrogen-bond donors (Lipinski definition) is 1. The Hall–Kier alpha value is -0.810. The molecule has 1 N–H and O–H groups in total. The molecule has 20 heavy (non-hydrogen) atoms. The number of aliphatic hydroxyl groups is 1. The standard InChI is InChI=1S/C15H21ClN2O2/c16-13-2-1-3-14(8-13)18-6-4-17(5-7-18)9-15(10-19)11-20-12-15/h1-3,8,19H,4-7,9-12H2. The van der Waals surface area contributed by atoms with Crippen molar-refractivity contribution in [3.63, 3.8) is 0 Å². The van der Waals surface area contributed by atoms with Gasteiger partial charge in [-0.2, -0.15) is 0 Å². The average Bonchev–Trinajstić information content (AvgIpc) is 2.44. The summed E-state index contributed by atoms with van der Waals surface area (Å²) >= 11 is 6.05. The molecule has 0 aliphatic carbocycles. The van der Waals surface area contributed by atoms with Crippen LogP contribution in [-0.4, -0.2) is 62.6 Å². The normalized spacial score (nSPS) is 22.6. The van der Waals surface area contributed by atoms with Crippen molar-refractivity contribution in [2.45, 2.75) is 0 Å². The van der Waals surface area contributed by atoms with E-state index in [0.29, 0.717) is 13.2 Å². The predicted molar refractivity (Wildman–Crippen MR) is 80.4 cm³/mol. The van der Waals surface area contributed by atoms with Gasteiger partial charge in [0.2, 0.25) is 0 Å². The van der Waals surface area contributed by atoms with Gasteiger partial charge in [0.05, 0.1) is 25.2 Å². The summed E-state index contributed by atoms with van der Waals surface area (Å²) in [6.45, 7) is 6.60. The van der Waals surface area contributed by atoms with E-state index in [1.165, 1.54) is 5.69 Å². The van der Waals surface area contributed by atoms with Gasteiger partial charge >= 0.3 is 0 Å². The summed E-state index contributed by atoms with van der Waals surface area (Å²) in [5.74, 6) is 0. The third-order valence-corrected chi connectivity index (χ3v) is 4.49. The van der Waals surface area contributed by atoms with Gasteiger partial charge < -0.3 is 14.7 Å². The molecule has 0 aromatic heterocycles. The first-order valence-corrected chi connectivity index (χ1v) is 7.50. The number of anilines is 1. The maximum absolute atomic E-state index is 9.50. The second-order valence-electron chi connectivity index (χ2n) is 5.89. The van der Waals surface area contributed by atoms with Crippen LogP contribution in [-0.2, 0) is 4.74 Å². The Morgan fingerprint density at radius 3 is 2.50 bits per heavy atom. The molecule has 2 heterocycles. The summed E-state index contributed by atoms with van der Waals surface area (Å²) in [5, 5.41) is 10.3. The lowest BCUT2D eigenvalue weighted by atomic mass is 9.86. The SMILES string of the molecule is OCC1(CN2CCN(c3cccc(Cl)c3)CC2)COC1. The Morgan fingerprint density at radius 2 is 1.95 bits per heavy atom. The number of ether oxygens (including phenoxy) is 1. The van der Waals surface area contributed by atoms with Crippen LogP contribution in [0.4, 0.5) is 5.69 Å². The number of hydrogen-bond acceptors (Lipinski definition) is 4. The van der Waals surface area contributed by atoms with E-state index >= 15 is 0 Å². The molecule has 5 heteroatoms. The molecule has 0 unspecified atom stereocenters. The van der Waals surface area contributed by atoms with Crippen molar-refractivity contribution in [1.82, 2.24) is 4.90 Å². The van der Waals surface area contributed by atoms with Crippen LogP contribution in [0.15, 0.2) is 24.3 Å². The lowest BCUT2D eigenvalue weighted by Crippen LogP contribution is -2.57. The average molecular weight is 297 g/mol. The van der Waals surface area contributed by atoms with Crippen molar-refractivity contribution < 1.29 is 9.84 Å². The van der Waals surface area contributed by atoms with E-state index in [1.807, 2.05) is 18.2 Å². The molecule has 0 saturated carbocycles. The smallest absolute Gasteiger partial charge is 0.0579 e. The predicted octanol–water partition coefficient (Wildman–Crippen LogP) is 1.47. The van der Waals surface area contributed by atoms with Crippen LogP contribution >= 0.6 is 11.6 Å². The minimum absolute atomic E-state index is 0.0156. The van der Waals surface area contributed by atoms with Gasteiger partial charge in [-0.25, -0.2) is 0 Å². The molecule has 4 nitrogen and oxygen atoms in total. The van der Waals surface area contributed by atoms with Crippen molar-refractivity contribution in [2.24, 2.45) is 5.41 Å². The van der Waals surface area contributed by atoms with Crippen LogP contribution in [0.3, 0.4) is 0 Å². The zero-order valence-corrected chi connectivity index (χ0v) is 12.4. The van der Waals surface area contributed by atoms with Crippen molar-refractivity contribution in [3.05, 3.63) is 29.3 Å². The van der Waals surface area contributed by atoms with Crippen LogP contribution in [0.1, 0.15) is 0 Å². The Bertz CT molecular complexity index is 451. The Morgan fingerprint density at radius 1 is 1.20 bits per heavy atom. The van der Waals surface area contributed by atoms with Gasteiger partial charge in [-0.1, -0.05) is 17.7 Å². The van der Waals surface area contributed by atoms with E-state index < -0.39 is 0 Å². The van der Waals surface area contributed by atoms with E-state index in [2.05, 4.69) is 15.9 Å². The maximum Gasteiger partial charge on any atom is 0.0579 e. The van der Waals surface area contributed by atoms with E-state index in [9.17, 15) is 5.11 Å². The molecule has 0 spiro atoms. The van der Waals surface area contributed by atoms with Gasteiger partial charge in [0, 0.05) is 43.4 Å². The van der Waals surface area contributed by atoms with Gasteiger partial charge in [0.15, 0.2) is 0 Å². The second-order valence-corrected chi connectivity index (χ2v) is 6.33. The molecular weight excluding hydrogens is 276 g/mol. The minimum atomic E-state index is -0.0156. The van der Waals surface area contributed by atoms with E-state index in [0.717, 1.165) is 37.7 Å². The molecule has 2 saturated heterocycles. The highest BCUT2D eigenvalue weighted by Crippen LogP contribution is 2.29. The number of nitrogens with zero attached hydrogens (tertiary/aromatic N) is 2. The van der Waals surface area contributed by atoms with Crippen LogP contribution in [0, 0.1) is 5.41 Å². The molecule has 1 aromatic carbocycles. The summed E-state index contributed by atoms with van der Waals surface area (Å²) < 4.78 is 5.26. The Kier molecular flexibility index (Phi) is 4.17. The quantitative estimate of drug-likeness (QED) is 0.913. The van der Waals surface area contributed by atoms with Crippen LogP contribution < -0.4 is 4.90 Å². The van der Waals surface area contributed by atoms with Crippen LogP contribution in [0.2, 0.25) is 5.02 Å². The lowest BCUT2D eigenvalue weighted by molar-refractivity contribution is -0.148. The molecule has 110 valence electrons. The highest BCUT2D eigenvalue weighted by Gasteiger charge is 2.40. The molecule has 3 rings (SSSR count). The largest absolute Gasteiger partial charge is 0.396 e. The fourth-order valence-electron chi connectivity index (χ4n) is 2.93. The first kappa shape index (κ1) is 14.1. The molecule has 1 aromatic rings. The second kappa shape index (κ2) is 5.90. The highest BCUT2D eigenvalue weighted by atomic mass is 35.5. The monoisotopic (exact) mass is 296 g/mol. The van der Waals surface area contributed by atoms with Crippen LogP contribution in [0.5, 0.6) is 0 Å². The van der Waals surface area contributed by atoms with Crippen LogP contribution in [0.25, 0.3) is 0 Å². The Labute approximate surface area is 124 Å². The molecule has 2 fully saturated rings. The Balaban J connectivity index is 1.54. The van der Waals surface area contributed by atoms with Crippen molar-refractivity contribution in [2.75, 3.05) is 57.4 Å². The minimum Gasteiger partial charge on any atom is -0.396 e. The third kappa shape index (κ3) is 2.93. The number of halogens is 1. The highest BCUT2D eigenvalue weighted by molar-refractivity contribution is 6.30. The molecule has 2 aliphatic heterocycles. The summed E-state index contributed by atoms with van der Waals surface area (Å²) in [4.78, 5) is 4.80. The molecule has 2 aliphatic rings. The fraction of sp³-hybridized carbons (Fsp3) is 0.600. The van der Waals surface area contributed by atoms with E-state index in [4.69, 9.17) is 16.3 Å². The van der Waals surface area contributed by atoms with Crippen molar-refractivity contribution in [1.29, 1.82) is 0 Å². The lowest BCUT2D eigenvalue weighted by Gasteiger charge is -2.45. The molecule has 0 bridgehead atoms. The first-order valence-electron chi connectivity index (χ1n) is 7.12. The zero-order valence-electron chi connectivity index (χ0n) is 11.6. The fourth-order valence-corrected chi connectivity index (χ4v) is 3.12. The molecular formula is C15H21ClN2O2. The van der Waals surface area contributed by atoms with Gasteiger partial charge in [-0.05, 0) is 18.2 Å². The van der Waals surface area contributed by atoms with Gasteiger partial charge in [0.25, 0.3) is 0 Å². The third-order valence-electron chi connectivity index (χ3n) is 4.26. The summed E-state index contributed by atoms with van der Waals surface area (Å²) in [6, 6.07) is 8.03. The number of piperazine rings is 1. The molecule has 0 radical (unpaired) electrons. The van der Waals surface area contributed by atoms with Crippen molar-refractivity contribution >= 4 is 17.3 Å². The number of rotatable bonds is 4. The van der Waals surface area contributed by atoms with Gasteiger partial charge in [0.1, 0.15) is 0 Å². The first-order chi connectivity index (χ1) is 9.71. The van der Waals surface area contributed by atoms with Gasteiger partial charge in [-0.3, -0.25) is 4.90 Å².